The third-order valence-corrected chi connectivity index (χ3v) is 6.98. The summed E-state index contributed by atoms with van der Waals surface area (Å²) >= 11 is 1.74. The maximum Gasteiger partial charge on any atom is 0.258 e. The van der Waals surface area contributed by atoms with E-state index in [2.05, 4.69) is 22.8 Å². The van der Waals surface area contributed by atoms with Gasteiger partial charge in [-0.1, -0.05) is 6.92 Å². The molecular formula is C17H19N3O3S2. The van der Waals surface area contributed by atoms with Gasteiger partial charge >= 0.3 is 0 Å². The van der Waals surface area contributed by atoms with E-state index in [0.29, 0.717) is 18.7 Å². The van der Waals surface area contributed by atoms with Crippen LogP contribution >= 0.6 is 11.3 Å². The fourth-order valence-corrected chi connectivity index (χ4v) is 5.53. The van der Waals surface area contributed by atoms with Crippen molar-refractivity contribution in [1.29, 1.82) is 0 Å². The number of fused-ring (bicyclic) bond motifs is 2. The van der Waals surface area contributed by atoms with Crippen LogP contribution in [-0.2, 0) is 21.2 Å². The van der Waals surface area contributed by atoms with Gasteiger partial charge in [0.15, 0.2) is 5.84 Å². The number of allylic oxidation sites excluding steroid dienone is 2. The predicted molar refractivity (Wildman–Crippen MR) is 97.9 cm³/mol. The smallest absolute Gasteiger partial charge is 0.258 e. The van der Waals surface area contributed by atoms with Crippen LogP contribution in [0.3, 0.4) is 0 Å². The Morgan fingerprint density at radius 3 is 3.04 bits per heavy atom. The fraction of sp³-hybridized carbons (Fsp3) is 0.412. The van der Waals surface area contributed by atoms with Crippen molar-refractivity contribution < 1.29 is 13.2 Å². The zero-order valence-electron chi connectivity index (χ0n) is 13.9. The molecule has 1 atom stereocenters. The van der Waals surface area contributed by atoms with Crippen LogP contribution in [0.15, 0.2) is 39.8 Å². The summed E-state index contributed by atoms with van der Waals surface area (Å²) in [5.74, 6) is 0.0839. The van der Waals surface area contributed by atoms with Gasteiger partial charge in [0.05, 0.1) is 17.4 Å². The zero-order valence-corrected chi connectivity index (χ0v) is 15.5. The molecule has 25 heavy (non-hydrogen) atoms. The van der Waals surface area contributed by atoms with Crippen molar-refractivity contribution in [3.8, 4) is 0 Å². The van der Waals surface area contributed by atoms with Crippen LogP contribution < -0.4 is 0 Å². The molecule has 1 unspecified atom stereocenters. The summed E-state index contributed by atoms with van der Waals surface area (Å²) in [6, 6.07) is 2.13. The second-order valence-electron chi connectivity index (χ2n) is 6.29. The third kappa shape index (κ3) is 2.83. The third-order valence-electron chi connectivity index (χ3n) is 4.83. The van der Waals surface area contributed by atoms with Crippen molar-refractivity contribution in [2.24, 2.45) is 4.40 Å². The van der Waals surface area contributed by atoms with Gasteiger partial charge < -0.3 is 9.80 Å². The lowest BCUT2D eigenvalue weighted by Gasteiger charge is -2.37. The van der Waals surface area contributed by atoms with Gasteiger partial charge in [0, 0.05) is 24.2 Å². The van der Waals surface area contributed by atoms with Gasteiger partial charge in [-0.2, -0.15) is 0 Å². The molecule has 8 heteroatoms. The Balaban J connectivity index is 1.70. The number of hydrogen-bond acceptors (Lipinski definition) is 5. The van der Waals surface area contributed by atoms with E-state index in [0.717, 1.165) is 12.8 Å². The van der Waals surface area contributed by atoms with Crippen LogP contribution in [0.25, 0.3) is 0 Å². The number of hydrogen-bond donors (Lipinski definition) is 0. The van der Waals surface area contributed by atoms with Crippen molar-refractivity contribution in [1.82, 2.24) is 9.80 Å². The molecule has 0 spiro atoms. The topological polar surface area (TPSA) is 70.1 Å². The van der Waals surface area contributed by atoms with Gasteiger partial charge in [0.2, 0.25) is 0 Å². The highest BCUT2D eigenvalue weighted by atomic mass is 32.2. The van der Waals surface area contributed by atoms with Crippen molar-refractivity contribution in [3.05, 3.63) is 45.8 Å². The number of thiophene rings is 1. The van der Waals surface area contributed by atoms with E-state index in [9.17, 15) is 13.2 Å². The molecule has 0 saturated heterocycles. The minimum absolute atomic E-state index is 0.0259. The second-order valence-corrected chi connectivity index (χ2v) is 9.04. The lowest BCUT2D eigenvalue weighted by atomic mass is 9.96. The number of carbonyl (C=O) groups excluding carboxylic acids is 1. The van der Waals surface area contributed by atoms with Crippen molar-refractivity contribution in [2.75, 3.05) is 18.8 Å². The van der Waals surface area contributed by atoms with Crippen LogP contribution in [0.1, 0.15) is 29.8 Å². The molecule has 0 aromatic carbocycles. The Hall–Kier alpha value is -1.93. The van der Waals surface area contributed by atoms with E-state index in [1.807, 2.05) is 4.90 Å². The van der Waals surface area contributed by atoms with E-state index < -0.39 is 10.0 Å². The van der Waals surface area contributed by atoms with Crippen LogP contribution in [0.2, 0.25) is 0 Å². The number of carbonyl (C=O) groups is 1. The average Bonchev–Trinajstić information content (AvgIpc) is 3.07. The van der Waals surface area contributed by atoms with Gasteiger partial charge in [-0.05, 0) is 42.0 Å². The first-order chi connectivity index (χ1) is 12.0. The van der Waals surface area contributed by atoms with Gasteiger partial charge in [0.25, 0.3) is 15.9 Å². The Labute approximate surface area is 151 Å². The number of amidine groups is 1. The lowest BCUT2D eigenvalue weighted by molar-refractivity contribution is -0.129. The van der Waals surface area contributed by atoms with Gasteiger partial charge in [-0.15, -0.1) is 15.7 Å². The summed E-state index contributed by atoms with van der Waals surface area (Å²) < 4.78 is 27.7. The van der Waals surface area contributed by atoms with Crippen molar-refractivity contribution >= 4 is 33.1 Å². The molecule has 6 nitrogen and oxygen atoms in total. The van der Waals surface area contributed by atoms with E-state index in [1.54, 1.807) is 34.6 Å². The first kappa shape index (κ1) is 16.5. The van der Waals surface area contributed by atoms with E-state index in [4.69, 9.17) is 0 Å². The standard InChI is InChI=1S/C17H19N3O3S2/c1-2-14-12-6-10-24-15(12)5-8-20(14)17(21)13-4-3-7-19-9-11-25(22,23)18-16(13)19/h3-4,6-7,10,14H,2,5,8-9,11H2,1H3. The Morgan fingerprint density at radius 1 is 1.40 bits per heavy atom. The van der Waals surface area contributed by atoms with Gasteiger partial charge in [-0.25, -0.2) is 8.42 Å². The lowest BCUT2D eigenvalue weighted by Crippen LogP contribution is -2.46. The minimum atomic E-state index is -3.51. The maximum atomic E-state index is 13.2. The van der Waals surface area contributed by atoms with Crippen LogP contribution in [0, 0.1) is 0 Å². The highest BCUT2D eigenvalue weighted by Gasteiger charge is 2.36. The minimum Gasteiger partial charge on any atom is -0.331 e. The molecule has 1 aromatic rings. The van der Waals surface area contributed by atoms with E-state index in [1.165, 1.54) is 10.4 Å². The largest absolute Gasteiger partial charge is 0.331 e. The van der Waals surface area contributed by atoms with Gasteiger partial charge in [0.1, 0.15) is 0 Å². The normalized spacial score (nSPS) is 24.3. The van der Waals surface area contributed by atoms with Crippen molar-refractivity contribution in [3.63, 3.8) is 0 Å². The summed E-state index contributed by atoms with van der Waals surface area (Å²) in [5.41, 5.74) is 1.58. The monoisotopic (exact) mass is 377 g/mol. The maximum absolute atomic E-state index is 13.2. The van der Waals surface area contributed by atoms with Crippen LogP contribution in [-0.4, -0.2) is 48.8 Å². The molecule has 1 aromatic heterocycles. The molecule has 1 amide bonds. The van der Waals surface area contributed by atoms with Crippen LogP contribution in [0.5, 0.6) is 0 Å². The molecule has 0 bridgehead atoms. The highest BCUT2D eigenvalue weighted by molar-refractivity contribution is 7.90. The molecule has 4 heterocycles. The van der Waals surface area contributed by atoms with Crippen molar-refractivity contribution in [2.45, 2.75) is 25.8 Å². The molecule has 3 aliphatic rings. The first-order valence-corrected chi connectivity index (χ1v) is 10.8. The summed E-state index contributed by atoms with van der Waals surface area (Å²) in [4.78, 5) is 18.2. The average molecular weight is 377 g/mol. The molecule has 0 fully saturated rings. The molecule has 0 aliphatic carbocycles. The second kappa shape index (κ2) is 6.10. The molecule has 4 rings (SSSR count). The molecule has 0 N–H and O–H groups in total. The molecule has 3 aliphatic heterocycles. The summed E-state index contributed by atoms with van der Waals surface area (Å²) in [5, 5.41) is 2.07. The zero-order chi connectivity index (χ0) is 17.6. The summed E-state index contributed by atoms with van der Waals surface area (Å²) in [7, 11) is -3.51. The van der Waals surface area contributed by atoms with Crippen LogP contribution in [0.4, 0.5) is 0 Å². The summed E-state index contributed by atoms with van der Waals surface area (Å²) in [6.45, 7) is 3.04. The quantitative estimate of drug-likeness (QED) is 0.791. The SMILES string of the molecule is CCC1c2ccsc2CCN1C(=O)C1=CC=CN2CCS(=O)(=O)N=C12. The Kier molecular flexibility index (Phi) is 4.04. The molecular weight excluding hydrogens is 358 g/mol. The number of sulfonamides is 1. The Morgan fingerprint density at radius 2 is 2.24 bits per heavy atom. The molecule has 0 radical (unpaired) electrons. The number of rotatable bonds is 2. The Bertz CT molecular complexity index is 911. The number of nitrogens with zero attached hydrogens (tertiary/aromatic N) is 3. The predicted octanol–water partition coefficient (Wildman–Crippen LogP) is 2.08. The summed E-state index contributed by atoms with van der Waals surface area (Å²) in [6.07, 6.45) is 6.90. The highest BCUT2D eigenvalue weighted by Crippen LogP contribution is 2.36. The van der Waals surface area contributed by atoms with E-state index >= 15 is 0 Å². The molecule has 0 saturated carbocycles. The van der Waals surface area contributed by atoms with Gasteiger partial charge in [-0.3, -0.25) is 4.79 Å². The first-order valence-electron chi connectivity index (χ1n) is 8.35. The van der Waals surface area contributed by atoms with E-state index in [-0.39, 0.29) is 23.5 Å². The molecule has 132 valence electrons. The fourth-order valence-electron chi connectivity index (χ4n) is 3.62. The number of amides is 1.